The Morgan fingerprint density at radius 2 is 1.94 bits per heavy atom. The van der Waals surface area contributed by atoms with Gasteiger partial charge in [-0.25, -0.2) is 4.79 Å². The van der Waals surface area contributed by atoms with Crippen LogP contribution in [-0.4, -0.2) is 30.2 Å². The Balaban J connectivity index is 2.08. The van der Waals surface area contributed by atoms with Crippen LogP contribution in [0, 0.1) is 11.3 Å². The Morgan fingerprint density at radius 3 is 2.41 bits per heavy atom. The highest BCUT2D eigenvalue weighted by atomic mass is 16.4. The van der Waals surface area contributed by atoms with E-state index in [1.165, 1.54) is 12.8 Å². The molecule has 17 heavy (non-hydrogen) atoms. The predicted molar refractivity (Wildman–Crippen MR) is 64.8 cm³/mol. The summed E-state index contributed by atoms with van der Waals surface area (Å²) < 4.78 is 0. The van der Waals surface area contributed by atoms with Gasteiger partial charge >= 0.3 is 12.0 Å². The van der Waals surface area contributed by atoms with Crippen LogP contribution in [0.15, 0.2) is 0 Å². The number of amides is 2. The van der Waals surface area contributed by atoms with Crippen molar-refractivity contribution in [3.63, 3.8) is 0 Å². The molecule has 3 N–H and O–H groups in total. The average molecular weight is 242 g/mol. The Hall–Kier alpha value is -1.26. The second kappa shape index (κ2) is 5.89. The molecule has 98 valence electrons. The van der Waals surface area contributed by atoms with Gasteiger partial charge in [-0.2, -0.15) is 0 Å². The Kier molecular flexibility index (Phi) is 4.78. The summed E-state index contributed by atoms with van der Waals surface area (Å²) in [5, 5.41) is 14.0. The summed E-state index contributed by atoms with van der Waals surface area (Å²) in [4.78, 5) is 21.7. The average Bonchev–Trinajstić information content (AvgIpc) is 3.02. The maximum absolute atomic E-state index is 11.4. The van der Waals surface area contributed by atoms with Gasteiger partial charge in [-0.05, 0) is 30.6 Å². The van der Waals surface area contributed by atoms with E-state index in [2.05, 4.69) is 24.5 Å². The quantitative estimate of drug-likeness (QED) is 0.593. The maximum Gasteiger partial charge on any atom is 0.314 e. The van der Waals surface area contributed by atoms with Crippen molar-refractivity contribution in [3.05, 3.63) is 0 Å². The van der Waals surface area contributed by atoms with E-state index in [4.69, 9.17) is 5.11 Å². The minimum atomic E-state index is -0.830. The van der Waals surface area contributed by atoms with Gasteiger partial charge in [-0.15, -0.1) is 0 Å². The lowest BCUT2D eigenvalue weighted by atomic mass is 9.92. The van der Waals surface area contributed by atoms with E-state index in [1.807, 2.05) is 0 Å². The van der Waals surface area contributed by atoms with Crippen molar-refractivity contribution < 1.29 is 14.7 Å². The minimum Gasteiger partial charge on any atom is -0.481 e. The number of rotatable bonds is 7. The van der Waals surface area contributed by atoms with Crippen molar-refractivity contribution >= 4 is 12.0 Å². The highest BCUT2D eigenvalue weighted by molar-refractivity contribution is 5.74. The molecule has 1 aliphatic rings. The summed E-state index contributed by atoms with van der Waals surface area (Å²) in [5.41, 5.74) is 0.304. The molecule has 0 aromatic rings. The van der Waals surface area contributed by atoms with E-state index in [1.54, 1.807) is 0 Å². The normalized spacial score (nSPS) is 16.6. The lowest BCUT2D eigenvalue weighted by Crippen LogP contribution is -2.40. The molecule has 0 bridgehead atoms. The second-order valence-corrected chi connectivity index (χ2v) is 5.12. The Morgan fingerprint density at radius 1 is 1.29 bits per heavy atom. The summed E-state index contributed by atoms with van der Waals surface area (Å²) in [6.07, 6.45) is 2.93. The Labute approximate surface area is 102 Å². The number of hydrogen-bond donors (Lipinski definition) is 3. The van der Waals surface area contributed by atoms with E-state index < -0.39 is 5.97 Å². The summed E-state index contributed by atoms with van der Waals surface area (Å²) in [7, 11) is 0. The number of carbonyl (C=O) groups excluding carboxylic acids is 1. The van der Waals surface area contributed by atoms with Gasteiger partial charge < -0.3 is 15.7 Å². The molecule has 0 spiro atoms. The van der Waals surface area contributed by atoms with E-state index in [0.29, 0.717) is 24.3 Å². The largest absolute Gasteiger partial charge is 0.481 e. The molecule has 2 amide bonds. The molecule has 0 radical (unpaired) electrons. The summed E-state index contributed by atoms with van der Waals surface area (Å²) >= 11 is 0. The van der Waals surface area contributed by atoms with Crippen LogP contribution in [0.25, 0.3) is 0 Å². The number of nitrogens with one attached hydrogen (secondary N) is 2. The SMILES string of the molecule is CC(C)C1(CNC(=O)NCCCC(=O)O)CC1. The molecule has 0 unspecified atom stereocenters. The summed E-state index contributed by atoms with van der Waals surface area (Å²) in [6.45, 7) is 5.49. The maximum atomic E-state index is 11.4. The van der Waals surface area contributed by atoms with Gasteiger partial charge in [0.25, 0.3) is 0 Å². The molecule has 1 rings (SSSR count). The molecule has 0 aliphatic heterocycles. The summed E-state index contributed by atoms with van der Waals surface area (Å²) in [6, 6.07) is -0.192. The van der Waals surface area contributed by atoms with Gasteiger partial charge in [-0.3, -0.25) is 4.79 Å². The fraction of sp³-hybridized carbons (Fsp3) is 0.833. The first-order chi connectivity index (χ1) is 7.96. The number of carboxylic acid groups (broad SMARTS) is 1. The third kappa shape index (κ3) is 4.63. The Bertz CT molecular complexity index is 285. The van der Waals surface area contributed by atoms with Crippen molar-refractivity contribution in [3.8, 4) is 0 Å². The highest BCUT2D eigenvalue weighted by Gasteiger charge is 2.45. The van der Waals surface area contributed by atoms with Crippen LogP contribution < -0.4 is 10.6 Å². The molecule has 1 aliphatic carbocycles. The zero-order valence-corrected chi connectivity index (χ0v) is 10.6. The van der Waals surface area contributed by atoms with Crippen LogP contribution in [0.1, 0.15) is 39.5 Å². The number of carboxylic acids is 1. The van der Waals surface area contributed by atoms with Gasteiger partial charge in [0.2, 0.25) is 0 Å². The minimum absolute atomic E-state index is 0.0935. The predicted octanol–water partition coefficient (Wildman–Crippen LogP) is 1.59. The monoisotopic (exact) mass is 242 g/mol. The molecule has 0 saturated heterocycles. The van der Waals surface area contributed by atoms with Crippen LogP contribution in [0.2, 0.25) is 0 Å². The van der Waals surface area contributed by atoms with Crippen LogP contribution in [0.5, 0.6) is 0 Å². The van der Waals surface area contributed by atoms with Gasteiger partial charge in [0.05, 0.1) is 0 Å². The molecule has 5 nitrogen and oxygen atoms in total. The van der Waals surface area contributed by atoms with E-state index in [9.17, 15) is 9.59 Å². The van der Waals surface area contributed by atoms with Crippen LogP contribution in [0.4, 0.5) is 4.79 Å². The highest BCUT2D eigenvalue weighted by Crippen LogP contribution is 2.51. The number of urea groups is 1. The molecule has 1 saturated carbocycles. The molecular weight excluding hydrogens is 220 g/mol. The van der Waals surface area contributed by atoms with E-state index in [0.717, 1.165) is 6.54 Å². The third-order valence-corrected chi connectivity index (χ3v) is 3.57. The lowest BCUT2D eigenvalue weighted by molar-refractivity contribution is -0.137. The molecule has 0 aromatic carbocycles. The van der Waals surface area contributed by atoms with E-state index >= 15 is 0 Å². The molecule has 0 atom stereocenters. The first-order valence-corrected chi connectivity index (χ1v) is 6.20. The van der Waals surface area contributed by atoms with Crippen LogP contribution >= 0.6 is 0 Å². The first-order valence-electron chi connectivity index (χ1n) is 6.20. The number of aliphatic carboxylic acids is 1. The van der Waals surface area contributed by atoms with Crippen LogP contribution in [0.3, 0.4) is 0 Å². The van der Waals surface area contributed by atoms with Crippen molar-refractivity contribution in [1.82, 2.24) is 10.6 Å². The lowest BCUT2D eigenvalue weighted by Gasteiger charge is -2.20. The third-order valence-electron chi connectivity index (χ3n) is 3.57. The van der Waals surface area contributed by atoms with Crippen LogP contribution in [-0.2, 0) is 4.79 Å². The zero-order chi connectivity index (χ0) is 12.9. The van der Waals surface area contributed by atoms with Gasteiger partial charge in [0.15, 0.2) is 0 Å². The van der Waals surface area contributed by atoms with Crippen molar-refractivity contribution in [2.75, 3.05) is 13.1 Å². The fourth-order valence-corrected chi connectivity index (χ4v) is 1.88. The standard InChI is InChI=1S/C12H22N2O3/c1-9(2)12(5-6-12)8-14-11(17)13-7-3-4-10(15)16/h9H,3-8H2,1-2H3,(H,15,16)(H2,13,14,17). The zero-order valence-electron chi connectivity index (χ0n) is 10.6. The van der Waals surface area contributed by atoms with Gasteiger partial charge in [0, 0.05) is 19.5 Å². The molecule has 0 heterocycles. The summed E-state index contributed by atoms with van der Waals surface area (Å²) in [5.74, 6) is -0.237. The number of hydrogen-bond acceptors (Lipinski definition) is 2. The van der Waals surface area contributed by atoms with Crippen molar-refractivity contribution in [1.29, 1.82) is 0 Å². The fourth-order valence-electron chi connectivity index (χ4n) is 1.88. The smallest absolute Gasteiger partial charge is 0.314 e. The van der Waals surface area contributed by atoms with Crippen molar-refractivity contribution in [2.24, 2.45) is 11.3 Å². The van der Waals surface area contributed by atoms with E-state index in [-0.39, 0.29) is 12.5 Å². The van der Waals surface area contributed by atoms with Gasteiger partial charge in [-0.1, -0.05) is 13.8 Å². The topological polar surface area (TPSA) is 78.4 Å². The van der Waals surface area contributed by atoms with Crippen molar-refractivity contribution in [2.45, 2.75) is 39.5 Å². The second-order valence-electron chi connectivity index (χ2n) is 5.12. The molecule has 0 aromatic heterocycles. The number of carbonyl (C=O) groups is 2. The van der Waals surface area contributed by atoms with Gasteiger partial charge in [0.1, 0.15) is 0 Å². The molecular formula is C12H22N2O3. The molecule has 1 fully saturated rings. The first kappa shape index (κ1) is 13.8. The molecule has 5 heteroatoms.